The van der Waals surface area contributed by atoms with Gasteiger partial charge in [-0.2, -0.15) is 11.8 Å². The summed E-state index contributed by atoms with van der Waals surface area (Å²) in [6, 6.07) is 1.62. The summed E-state index contributed by atoms with van der Waals surface area (Å²) in [7, 11) is 1.54. The van der Waals surface area contributed by atoms with Gasteiger partial charge in [-0.15, -0.1) is 0 Å². The van der Waals surface area contributed by atoms with Gasteiger partial charge in [-0.1, -0.05) is 0 Å². The van der Waals surface area contributed by atoms with Crippen molar-refractivity contribution in [2.45, 2.75) is 0 Å². The smallest absolute Gasteiger partial charge is 0.295 e. The monoisotopic (exact) mass is 287 g/mol. The second-order valence-electron chi connectivity index (χ2n) is 3.86. The summed E-state index contributed by atoms with van der Waals surface area (Å²) < 4.78 is 13.3. The Kier molecular flexibility index (Phi) is 5.11. The van der Waals surface area contributed by atoms with Crippen LogP contribution in [-0.4, -0.2) is 41.3 Å². The zero-order valence-corrected chi connectivity index (χ0v) is 11.4. The Morgan fingerprint density at radius 1 is 1.58 bits per heavy atom. The molecule has 1 rings (SSSR count). The van der Waals surface area contributed by atoms with Crippen LogP contribution in [0.5, 0.6) is 0 Å². The molecular weight excluding hydrogens is 273 g/mol. The summed E-state index contributed by atoms with van der Waals surface area (Å²) in [5.74, 6) is -0.684. The summed E-state index contributed by atoms with van der Waals surface area (Å²) in [5.41, 5.74) is 4.47. The van der Waals surface area contributed by atoms with Crippen molar-refractivity contribution in [3.05, 3.63) is 33.6 Å². The average Bonchev–Trinajstić information content (AvgIpc) is 2.37. The number of nitro benzene ring substituents is 1. The van der Waals surface area contributed by atoms with Crippen LogP contribution in [0.4, 0.5) is 15.8 Å². The molecule has 1 amide bonds. The van der Waals surface area contributed by atoms with E-state index in [2.05, 4.69) is 0 Å². The van der Waals surface area contributed by atoms with Gasteiger partial charge in [0.25, 0.3) is 11.6 Å². The number of thioether (sulfide) groups is 1. The van der Waals surface area contributed by atoms with E-state index in [-0.39, 0.29) is 11.3 Å². The normalized spacial score (nSPS) is 10.3. The first kappa shape index (κ1) is 15.2. The molecule has 0 fully saturated rings. The molecule has 6 nitrogen and oxygen atoms in total. The van der Waals surface area contributed by atoms with Gasteiger partial charge < -0.3 is 10.6 Å². The van der Waals surface area contributed by atoms with Gasteiger partial charge in [0.15, 0.2) is 0 Å². The number of hydrogen-bond donors (Lipinski definition) is 1. The number of nitrogens with zero attached hydrogens (tertiary/aromatic N) is 2. The number of benzene rings is 1. The van der Waals surface area contributed by atoms with E-state index in [0.29, 0.717) is 18.4 Å². The van der Waals surface area contributed by atoms with Crippen LogP contribution in [0.15, 0.2) is 12.1 Å². The molecule has 0 unspecified atom stereocenters. The minimum atomic E-state index is -0.859. The molecule has 0 aromatic heterocycles. The van der Waals surface area contributed by atoms with Gasteiger partial charge in [-0.25, -0.2) is 4.39 Å². The Morgan fingerprint density at radius 3 is 2.74 bits per heavy atom. The van der Waals surface area contributed by atoms with Crippen molar-refractivity contribution in [1.82, 2.24) is 4.90 Å². The standard InChI is InChI=1S/C11H14FN3O3S/c1-14(3-4-19-2)11(16)8-5-7(12)6-9(10(8)13)15(17)18/h5-6H,3-4,13H2,1-2H3. The lowest BCUT2D eigenvalue weighted by Gasteiger charge is -2.17. The molecule has 19 heavy (non-hydrogen) atoms. The van der Waals surface area contributed by atoms with Gasteiger partial charge in [-0.05, 0) is 12.3 Å². The van der Waals surface area contributed by atoms with Crippen LogP contribution in [0.1, 0.15) is 10.4 Å². The summed E-state index contributed by atoms with van der Waals surface area (Å²) in [5, 5.41) is 10.7. The van der Waals surface area contributed by atoms with E-state index in [9.17, 15) is 19.3 Å². The third-order valence-electron chi connectivity index (χ3n) is 2.53. The van der Waals surface area contributed by atoms with E-state index in [0.717, 1.165) is 6.07 Å². The number of amides is 1. The lowest BCUT2D eigenvalue weighted by molar-refractivity contribution is -0.384. The van der Waals surface area contributed by atoms with Crippen molar-refractivity contribution in [2.75, 3.05) is 31.3 Å². The predicted molar refractivity (Wildman–Crippen MR) is 72.8 cm³/mol. The van der Waals surface area contributed by atoms with Crippen LogP contribution in [0.3, 0.4) is 0 Å². The van der Waals surface area contributed by atoms with Gasteiger partial charge in [0.05, 0.1) is 16.6 Å². The minimum Gasteiger partial charge on any atom is -0.393 e. The molecule has 104 valence electrons. The molecule has 0 atom stereocenters. The van der Waals surface area contributed by atoms with E-state index in [1.807, 2.05) is 6.26 Å². The summed E-state index contributed by atoms with van der Waals surface area (Å²) >= 11 is 1.55. The molecule has 0 radical (unpaired) electrons. The molecule has 0 heterocycles. The van der Waals surface area contributed by atoms with Crippen LogP contribution in [0, 0.1) is 15.9 Å². The fourth-order valence-corrected chi connectivity index (χ4v) is 1.92. The highest BCUT2D eigenvalue weighted by atomic mass is 32.2. The van der Waals surface area contributed by atoms with Crippen LogP contribution in [-0.2, 0) is 0 Å². The van der Waals surface area contributed by atoms with Crippen LogP contribution < -0.4 is 5.73 Å². The molecule has 0 spiro atoms. The Balaban J connectivity index is 3.13. The van der Waals surface area contributed by atoms with Crippen molar-refractivity contribution in [2.24, 2.45) is 0 Å². The molecule has 8 heteroatoms. The first-order valence-corrected chi connectivity index (χ1v) is 6.75. The van der Waals surface area contributed by atoms with Crippen molar-refractivity contribution in [3.63, 3.8) is 0 Å². The van der Waals surface area contributed by atoms with Gasteiger partial charge in [0.1, 0.15) is 11.5 Å². The molecular formula is C11H14FN3O3S. The number of nitro groups is 1. The Labute approximate surface area is 113 Å². The fourth-order valence-electron chi connectivity index (χ4n) is 1.47. The highest BCUT2D eigenvalue weighted by molar-refractivity contribution is 7.98. The highest BCUT2D eigenvalue weighted by Crippen LogP contribution is 2.27. The number of carbonyl (C=O) groups is 1. The van der Waals surface area contributed by atoms with Crippen LogP contribution >= 0.6 is 11.8 Å². The van der Waals surface area contributed by atoms with Gasteiger partial charge in [0.2, 0.25) is 0 Å². The molecule has 1 aromatic rings. The van der Waals surface area contributed by atoms with E-state index in [4.69, 9.17) is 5.73 Å². The molecule has 0 bridgehead atoms. The third kappa shape index (κ3) is 3.57. The summed E-state index contributed by atoms with van der Waals surface area (Å²) in [6.45, 7) is 0.448. The number of anilines is 1. The number of halogens is 1. The maximum atomic E-state index is 13.3. The number of hydrogen-bond acceptors (Lipinski definition) is 5. The van der Waals surface area contributed by atoms with Gasteiger partial charge >= 0.3 is 0 Å². The van der Waals surface area contributed by atoms with Gasteiger partial charge in [-0.3, -0.25) is 14.9 Å². The average molecular weight is 287 g/mol. The second kappa shape index (κ2) is 6.37. The Hall–Kier alpha value is -1.83. The van der Waals surface area contributed by atoms with Crippen molar-refractivity contribution < 1.29 is 14.1 Å². The SMILES string of the molecule is CSCCN(C)C(=O)c1cc(F)cc([N+](=O)[O-])c1N. The fraction of sp³-hybridized carbons (Fsp3) is 0.364. The Morgan fingerprint density at radius 2 is 2.21 bits per heavy atom. The zero-order chi connectivity index (χ0) is 14.6. The molecule has 0 aliphatic rings. The molecule has 0 saturated heterocycles. The maximum absolute atomic E-state index is 13.3. The van der Waals surface area contributed by atoms with Crippen molar-refractivity contribution >= 4 is 29.0 Å². The van der Waals surface area contributed by atoms with E-state index in [1.165, 1.54) is 11.9 Å². The topological polar surface area (TPSA) is 89.5 Å². The third-order valence-corrected chi connectivity index (χ3v) is 3.12. The molecule has 0 aliphatic carbocycles. The largest absolute Gasteiger partial charge is 0.393 e. The van der Waals surface area contributed by atoms with Crippen LogP contribution in [0.25, 0.3) is 0 Å². The summed E-state index contributed by atoms with van der Waals surface area (Å²) in [4.78, 5) is 23.3. The molecule has 0 aliphatic heterocycles. The van der Waals surface area contributed by atoms with E-state index < -0.39 is 22.3 Å². The summed E-state index contributed by atoms with van der Waals surface area (Å²) in [6.07, 6.45) is 1.89. The lowest BCUT2D eigenvalue weighted by atomic mass is 10.1. The minimum absolute atomic E-state index is 0.185. The molecule has 1 aromatic carbocycles. The molecule has 2 N–H and O–H groups in total. The predicted octanol–water partition coefficient (Wildman–Crippen LogP) is 1.75. The quantitative estimate of drug-likeness (QED) is 0.506. The Bertz CT molecular complexity index is 510. The maximum Gasteiger partial charge on any atom is 0.295 e. The van der Waals surface area contributed by atoms with Crippen LogP contribution in [0.2, 0.25) is 0 Å². The number of rotatable bonds is 5. The second-order valence-corrected chi connectivity index (χ2v) is 4.85. The highest BCUT2D eigenvalue weighted by Gasteiger charge is 2.23. The van der Waals surface area contributed by atoms with Crippen molar-refractivity contribution in [1.29, 1.82) is 0 Å². The molecule has 0 saturated carbocycles. The van der Waals surface area contributed by atoms with E-state index in [1.54, 1.807) is 11.8 Å². The first-order valence-electron chi connectivity index (χ1n) is 5.36. The lowest BCUT2D eigenvalue weighted by Crippen LogP contribution is -2.29. The number of nitrogens with two attached hydrogens (primary N) is 1. The zero-order valence-electron chi connectivity index (χ0n) is 10.6. The van der Waals surface area contributed by atoms with Crippen molar-refractivity contribution in [3.8, 4) is 0 Å². The van der Waals surface area contributed by atoms with Gasteiger partial charge in [0, 0.05) is 19.3 Å². The van der Waals surface area contributed by atoms with E-state index >= 15 is 0 Å². The first-order chi connectivity index (χ1) is 8.88. The number of nitrogen functional groups attached to an aromatic ring is 1. The number of carbonyl (C=O) groups excluding carboxylic acids is 1.